The van der Waals surface area contributed by atoms with Gasteiger partial charge in [-0.15, -0.1) is 0 Å². The van der Waals surface area contributed by atoms with E-state index in [1.54, 1.807) is 24.3 Å². The second kappa shape index (κ2) is 3.61. The molecular weight excluding hydrogens is 196 g/mol. The lowest BCUT2D eigenvalue weighted by atomic mass is 10.3. The number of hydrogen-bond acceptors (Lipinski definition) is 3. The fraction of sp³-hybridized carbons (Fsp3) is 0.200. The van der Waals surface area contributed by atoms with Gasteiger partial charge in [0.15, 0.2) is 0 Å². The fourth-order valence-corrected chi connectivity index (χ4v) is 1.32. The van der Waals surface area contributed by atoms with Crippen molar-refractivity contribution in [3.8, 4) is 0 Å². The molecule has 15 heavy (non-hydrogen) atoms. The lowest BCUT2D eigenvalue weighted by Gasteiger charge is -2.30. The number of likely N-dealkylation sites (N-methyl/N-ethyl adjacent to an activating group) is 1. The maximum Gasteiger partial charge on any atom is 0.439 e. The van der Waals surface area contributed by atoms with Crippen LogP contribution < -0.4 is 4.90 Å². The maximum absolute atomic E-state index is 11.5. The average Bonchev–Trinajstić information content (AvgIpc) is 2.25. The molecule has 2 rings (SSSR count). The first-order chi connectivity index (χ1) is 7.18. The van der Waals surface area contributed by atoms with E-state index in [0.29, 0.717) is 5.69 Å². The molecule has 0 bridgehead atoms. The van der Waals surface area contributed by atoms with Crippen LogP contribution in [-0.4, -0.2) is 30.7 Å². The Morgan fingerprint density at radius 3 is 2.53 bits per heavy atom. The highest BCUT2D eigenvalue weighted by Gasteiger charge is 2.30. The van der Waals surface area contributed by atoms with Gasteiger partial charge in [-0.2, -0.15) is 5.06 Å². The van der Waals surface area contributed by atoms with Gasteiger partial charge in [-0.1, -0.05) is 18.2 Å². The quantitative estimate of drug-likeness (QED) is 0.689. The van der Waals surface area contributed by atoms with E-state index >= 15 is 0 Å². The molecular formula is C10H10N2O3. The van der Waals surface area contributed by atoms with E-state index in [1.165, 1.54) is 11.9 Å². The van der Waals surface area contributed by atoms with Crippen LogP contribution in [0.2, 0.25) is 0 Å². The Kier molecular flexibility index (Phi) is 2.29. The summed E-state index contributed by atoms with van der Waals surface area (Å²) in [6, 6.07) is 8.93. The Bertz CT molecular complexity index is 391. The smallest absolute Gasteiger partial charge is 0.319 e. The van der Waals surface area contributed by atoms with Crippen LogP contribution in [0.5, 0.6) is 0 Å². The predicted molar refractivity (Wildman–Crippen MR) is 53.0 cm³/mol. The third kappa shape index (κ3) is 1.76. The number of para-hydroxylation sites is 1. The standard InChI is InChI=1S/C10H10N2O3/c1-11-9(13)7-12(10(14)15-11)8-5-3-2-4-6-8/h2-6H,7H2,1H3. The highest BCUT2D eigenvalue weighted by atomic mass is 16.7. The second-order valence-electron chi connectivity index (χ2n) is 3.17. The van der Waals surface area contributed by atoms with Gasteiger partial charge in [0.05, 0.1) is 0 Å². The third-order valence-corrected chi connectivity index (χ3v) is 2.15. The number of hydrogen-bond donors (Lipinski definition) is 0. The molecule has 0 unspecified atom stereocenters. The normalized spacial score (nSPS) is 16.6. The average molecular weight is 206 g/mol. The zero-order valence-electron chi connectivity index (χ0n) is 8.21. The summed E-state index contributed by atoms with van der Waals surface area (Å²) in [4.78, 5) is 28.8. The van der Waals surface area contributed by atoms with E-state index in [1.807, 2.05) is 6.07 Å². The molecule has 1 aliphatic heterocycles. The summed E-state index contributed by atoms with van der Waals surface area (Å²) in [6.07, 6.45) is -0.539. The van der Waals surface area contributed by atoms with E-state index in [-0.39, 0.29) is 12.5 Å². The Morgan fingerprint density at radius 1 is 1.20 bits per heavy atom. The van der Waals surface area contributed by atoms with Gasteiger partial charge in [0.1, 0.15) is 6.54 Å². The zero-order valence-corrected chi connectivity index (χ0v) is 8.21. The highest BCUT2D eigenvalue weighted by Crippen LogP contribution is 2.17. The molecule has 0 atom stereocenters. The summed E-state index contributed by atoms with van der Waals surface area (Å²) >= 11 is 0. The molecule has 1 fully saturated rings. The number of amides is 2. The fourth-order valence-electron chi connectivity index (χ4n) is 1.32. The molecule has 0 radical (unpaired) electrons. The van der Waals surface area contributed by atoms with Crippen molar-refractivity contribution in [1.82, 2.24) is 5.06 Å². The monoisotopic (exact) mass is 206 g/mol. The van der Waals surface area contributed by atoms with E-state index in [4.69, 9.17) is 4.84 Å². The van der Waals surface area contributed by atoms with Gasteiger partial charge < -0.3 is 4.84 Å². The molecule has 1 aromatic carbocycles. The third-order valence-electron chi connectivity index (χ3n) is 2.15. The van der Waals surface area contributed by atoms with Crippen molar-refractivity contribution in [3.63, 3.8) is 0 Å². The summed E-state index contributed by atoms with van der Waals surface area (Å²) in [5, 5.41) is 0.946. The Labute approximate surface area is 86.8 Å². The molecule has 0 saturated carbocycles. The summed E-state index contributed by atoms with van der Waals surface area (Å²) in [7, 11) is 1.42. The van der Waals surface area contributed by atoms with Crippen molar-refractivity contribution in [2.24, 2.45) is 0 Å². The van der Waals surface area contributed by atoms with E-state index in [0.717, 1.165) is 5.06 Å². The Hall–Kier alpha value is -2.04. The minimum absolute atomic E-state index is 0.0132. The van der Waals surface area contributed by atoms with Crippen molar-refractivity contribution in [1.29, 1.82) is 0 Å². The molecule has 1 aromatic rings. The first-order valence-corrected chi connectivity index (χ1v) is 4.49. The van der Waals surface area contributed by atoms with Crippen molar-refractivity contribution in [3.05, 3.63) is 30.3 Å². The first kappa shape index (κ1) is 9.51. The minimum Gasteiger partial charge on any atom is -0.319 e. The summed E-state index contributed by atoms with van der Waals surface area (Å²) in [6.45, 7) is 0.0132. The predicted octanol–water partition coefficient (Wildman–Crippen LogP) is 1.02. The van der Waals surface area contributed by atoms with Crippen LogP contribution >= 0.6 is 0 Å². The summed E-state index contributed by atoms with van der Waals surface area (Å²) in [5.74, 6) is -0.251. The molecule has 1 heterocycles. The summed E-state index contributed by atoms with van der Waals surface area (Å²) < 4.78 is 0. The molecule has 1 saturated heterocycles. The minimum atomic E-state index is -0.539. The van der Waals surface area contributed by atoms with Crippen LogP contribution in [0.4, 0.5) is 10.5 Å². The van der Waals surface area contributed by atoms with Crippen LogP contribution in [0.25, 0.3) is 0 Å². The lowest BCUT2D eigenvalue weighted by molar-refractivity contribution is -0.161. The summed E-state index contributed by atoms with van der Waals surface area (Å²) in [5.41, 5.74) is 0.656. The molecule has 1 aliphatic rings. The van der Waals surface area contributed by atoms with Gasteiger partial charge in [0.25, 0.3) is 5.91 Å². The van der Waals surface area contributed by atoms with Crippen LogP contribution in [-0.2, 0) is 9.63 Å². The number of anilines is 1. The van der Waals surface area contributed by atoms with Gasteiger partial charge in [-0.25, -0.2) is 4.79 Å². The number of hydroxylamine groups is 2. The molecule has 5 heteroatoms. The zero-order chi connectivity index (χ0) is 10.8. The Balaban J connectivity index is 2.24. The van der Waals surface area contributed by atoms with Crippen LogP contribution in [0.3, 0.4) is 0 Å². The van der Waals surface area contributed by atoms with Crippen molar-refractivity contribution >= 4 is 17.7 Å². The van der Waals surface area contributed by atoms with Gasteiger partial charge in [0.2, 0.25) is 0 Å². The topological polar surface area (TPSA) is 49.9 Å². The van der Waals surface area contributed by atoms with Crippen LogP contribution in [0, 0.1) is 0 Å². The number of benzene rings is 1. The van der Waals surface area contributed by atoms with Crippen LogP contribution in [0.15, 0.2) is 30.3 Å². The SMILES string of the molecule is CN1OC(=O)N(c2ccccc2)CC1=O. The van der Waals surface area contributed by atoms with E-state index in [2.05, 4.69) is 0 Å². The molecule has 78 valence electrons. The Morgan fingerprint density at radius 2 is 1.87 bits per heavy atom. The van der Waals surface area contributed by atoms with E-state index in [9.17, 15) is 9.59 Å². The number of nitrogens with zero attached hydrogens (tertiary/aromatic N) is 2. The second-order valence-corrected chi connectivity index (χ2v) is 3.17. The van der Waals surface area contributed by atoms with Gasteiger partial charge in [-0.05, 0) is 12.1 Å². The molecule has 2 amide bonds. The maximum atomic E-state index is 11.5. The molecule has 5 nitrogen and oxygen atoms in total. The number of carbonyl (C=O) groups is 2. The molecule has 0 spiro atoms. The van der Waals surface area contributed by atoms with E-state index < -0.39 is 6.09 Å². The van der Waals surface area contributed by atoms with Crippen LogP contribution in [0.1, 0.15) is 0 Å². The highest BCUT2D eigenvalue weighted by molar-refractivity contribution is 5.97. The van der Waals surface area contributed by atoms with Gasteiger partial charge in [0, 0.05) is 12.7 Å². The van der Waals surface area contributed by atoms with Crippen molar-refractivity contribution in [2.45, 2.75) is 0 Å². The van der Waals surface area contributed by atoms with Crippen molar-refractivity contribution in [2.75, 3.05) is 18.5 Å². The molecule has 0 aliphatic carbocycles. The first-order valence-electron chi connectivity index (χ1n) is 4.49. The molecule has 0 N–H and O–H groups in total. The van der Waals surface area contributed by atoms with Crippen molar-refractivity contribution < 1.29 is 14.4 Å². The van der Waals surface area contributed by atoms with Gasteiger partial charge in [-0.3, -0.25) is 9.69 Å². The lowest BCUT2D eigenvalue weighted by Crippen LogP contribution is -2.50. The van der Waals surface area contributed by atoms with Gasteiger partial charge >= 0.3 is 6.09 Å². The largest absolute Gasteiger partial charge is 0.439 e. The molecule has 0 aromatic heterocycles. The number of carbonyl (C=O) groups excluding carboxylic acids is 2. The number of rotatable bonds is 1.